The average Bonchev–Trinajstić information content (AvgIpc) is 2.39. The first kappa shape index (κ1) is 12.6. The quantitative estimate of drug-likeness (QED) is 0.841. The Bertz CT molecular complexity index is 336. The number of benzene rings is 1. The predicted octanol–water partition coefficient (Wildman–Crippen LogP) is 2.95. The fraction of sp³-hybridized carbons (Fsp3) is 0.600. The van der Waals surface area contributed by atoms with E-state index in [2.05, 4.69) is 43.4 Å². The summed E-state index contributed by atoms with van der Waals surface area (Å²) in [5.41, 5.74) is 8.98. The predicted molar refractivity (Wildman–Crippen MR) is 73.1 cm³/mol. The van der Waals surface area contributed by atoms with Crippen LogP contribution in [0, 0.1) is 0 Å². The van der Waals surface area contributed by atoms with Crippen LogP contribution >= 0.6 is 0 Å². The van der Waals surface area contributed by atoms with Gasteiger partial charge in [-0.15, -0.1) is 0 Å². The number of nitrogens with two attached hydrogens (primary N) is 1. The van der Waals surface area contributed by atoms with E-state index in [4.69, 9.17) is 5.73 Å². The van der Waals surface area contributed by atoms with Crippen LogP contribution < -0.4 is 11.1 Å². The SMILES string of the molecule is CC(C)c1ccc(C(N)C2CCCCN2)cc1. The van der Waals surface area contributed by atoms with Gasteiger partial charge in [-0.05, 0) is 36.4 Å². The second-order valence-electron chi connectivity index (χ2n) is 5.40. The van der Waals surface area contributed by atoms with Crippen LogP contribution in [0.25, 0.3) is 0 Å². The summed E-state index contributed by atoms with van der Waals surface area (Å²) in [6.45, 7) is 5.55. The van der Waals surface area contributed by atoms with Crippen molar-refractivity contribution in [1.82, 2.24) is 5.32 Å². The van der Waals surface area contributed by atoms with Crippen LogP contribution in [0.5, 0.6) is 0 Å². The van der Waals surface area contributed by atoms with Crippen molar-refractivity contribution in [3.05, 3.63) is 35.4 Å². The Balaban J connectivity index is 2.05. The number of rotatable bonds is 3. The lowest BCUT2D eigenvalue weighted by atomic mass is 9.92. The van der Waals surface area contributed by atoms with Gasteiger partial charge in [0.05, 0.1) is 0 Å². The molecule has 1 aliphatic rings. The van der Waals surface area contributed by atoms with E-state index in [0.717, 1.165) is 6.54 Å². The summed E-state index contributed by atoms with van der Waals surface area (Å²) in [7, 11) is 0. The highest BCUT2D eigenvalue weighted by molar-refractivity contribution is 5.27. The summed E-state index contributed by atoms with van der Waals surface area (Å²) in [6.07, 6.45) is 3.79. The van der Waals surface area contributed by atoms with Crippen molar-refractivity contribution in [1.29, 1.82) is 0 Å². The first-order valence-electron chi connectivity index (χ1n) is 6.77. The van der Waals surface area contributed by atoms with E-state index in [9.17, 15) is 0 Å². The molecule has 0 amide bonds. The Morgan fingerprint density at radius 1 is 1.12 bits per heavy atom. The molecule has 1 aliphatic heterocycles. The third-order valence-electron chi connectivity index (χ3n) is 3.77. The second-order valence-corrected chi connectivity index (χ2v) is 5.40. The van der Waals surface area contributed by atoms with Crippen molar-refractivity contribution in [2.45, 2.75) is 51.1 Å². The minimum absolute atomic E-state index is 0.136. The molecule has 17 heavy (non-hydrogen) atoms. The molecule has 2 heteroatoms. The molecular formula is C15H24N2. The minimum Gasteiger partial charge on any atom is -0.323 e. The van der Waals surface area contributed by atoms with Crippen LogP contribution in [-0.4, -0.2) is 12.6 Å². The van der Waals surface area contributed by atoms with Crippen LogP contribution in [0.15, 0.2) is 24.3 Å². The molecule has 2 nitrogen and oxygen atoms in total. The number of hydrogen-bond acceptors (Lipinski definition) is 2. The van der Waals surface area contributed by atoms with Crippen molar-refractivity contribution < 1.29 is 0 Å². The Labute approximate surface area is 105 Å². The molecule has 0 saturated carbocycles. The van der Waals surface area contributed by atoms with Crippen LogP contribution in [0.4, 0.5) is 0 Å². The molecule has 0 spiro atoms. The Morgan fingerprint density at radius 2 is 1.76 bits per heavy atom. The number of hydrogen-bond donors (Lipinski definition) is 2. The normalized spacial score (nSPS) is 22.7. The molecule has 2 atom stereocenters. The van der Waals surface area contributed by atoms with Crippen LogP contribution in [0.3, 0.4) is 0 Å². The van der Waals surface area contributed by atoms with Gasteiger partial charge in [0, 0.05) is 12.1 Å². The largest absolute Gasteiger partial charge is 0.323 e. The van der Waals surface area contributed by atoms with Gasteiger partial charge in [0.25, 0.3) is 0 Å². The highest BCUT2D eigenvalue weighted by Crippen LogP contribution is 2.23. The molecule has 1 fully saturated rings. The van der Waals surface area contributed by atoms with E-state index in [0.29, 0.717) is 12.0 Å². The fourth-order valence-electron chi connectivity index (χ4n) is 2.52. The molecule has 1 aromatic carbocycles. The van der Waals surface area contributed by atoms with Gasteiger partial charge in [-0.3, -0.25) is 0 Å². The molecule has 3 N–H and O–H groups in total. The van der Waals surface area contributed by atoms with Gasteiger partial charge >= 0.3 is 0 Å². The monoisotopic (exact) mass is 232 g/mol. The van der Waals surface area contributed by atoms with Crippen molar-refractivity contribution in [2.75, 3.05) is 6.54 Å². The zero-order valence-corrected chi connectivity index (χ0v) is 10.9. The van der Waals surface area contributed by atoms with Gasteiger partial charge in [-0.2, -0.15) is 0 Å². The molecule has 1 saturated heterocycles. The molecular weight excluding hydrogens is 208 g/mol. The maximum absolute atomic E-state index is 6.33. The maximum atomic E-state index is 6.33. The van der Waals surface area contributed by atoms with Gasteiger partial charge in [0.2, 0.25) is 0 Å². The smallest absolute Gasteiger partial charge is 0.0450 e. The van der Waals surface area contributed by atoms with Crippen LogP contribution in [0.1, 0.15) is 56.2 Å². The summed E-state index contributed by atoms with van der Waals surface area (Å²) in [5.74, 6) is 0.591. The molecule has 0 bridgehead atoms. The molecule has 1 heterocycles. The topological polar surface area (TPSA) is 38.0 Å². The number of piperidine rings is 1. The Kier molecular flexibility index (Phi) is 4.19. The first-order valence-corrected chi connectivity index (χ1v) is 6.77. The first-order chi connectivity index (χ1) is 8.18. The van der Waals surface area contributed by atoms with E-state index in [1.807, 2.05) is 0 Å². The summed E-state index contributed by atoms with van der Waals surface area (Å²) >= 11 is 0. The van der Waals surface area contributed by atoms with Gasteiger partial charge in [0.1, 0.15) is 0 Å². The Hall–Kier alpha value is -0.860. The number of nitrogens with one attached hydrogen (secondary N) is 1. The molecule has 0 aromatic heterocycles. The third kappa shape index (κ3) is 3.08. The lowest BCUT2D eigenvalue weighted by molar-refractivity contribution is 0.353. The summed E-state index contributed by atoms with van der Waals surface area (Å²) in [5, 5.41) is 3.53. The molecule has 1 aromatic rings. The van der Waals surface area contributed by atoms with Gasteiger partial charge in [-0.1, -0.05) is 44.5 Å². The zero-order chi connectivity index (χ0) is 12.3. The molecule has 2 rings (SSSR count). The summed E-state index contributed by atoms with van der Waals surface area (Å²) in [6, 6.07) is 9.39. The van der Waals surface area contributed by atoms with E-state index < -0.39 is 0 Å². The maximum Gasteiger partial charge on any atom is 0.0450 e. The lowest BCUT2D eigenvalue weighted by Crippen LogP contribution is -2.42. The Morgan fingerprint density at radius 3 is 2.29 bits per heavy atom. The average molecular weight is 232 g/mol. The lowest BCUT2D eigenvalue weighted by Gasteiger charge is -2.29. The van der Waals surface area contributed by atoms with E-state index in [1.54, 1.807) is 0 Å². The van der Waals surface area contributed by atoms with Crippen LogP contribution in [0.2, 0.25) is 0 Å². The van der Waals surface area contributed by atoms with Crippen molar-refractivity contribution in [3.8, 4) is 0 Å². The molecule has 94 valence electrons. The highest BCUT2D eigenvalue weighted by atomic mass is 15.0. The van der Waals surface area contributed by atoms with Crippen molar-refractivity contribution in [3.63, 3.8) is 0 Å². The van der Waals surface area contributed by atoms with Gasteiger partial charge in [-0.25, -0.2) is 0 Å². The summed E-state index contributed by atoms with van der Waals surface area (Å²) in [4.78, 5) is 0. The molecule has 0 radical (unpaired) electrons. The van der Waals surface area contributed by atoms with Crippen molar-refractivity contribution in [2.24, 2.45) is 5.73 Å². The van der Waals surface area contributed by atoms with Gasteiger partial charge in [0.15, 0.2) is 0 Å². The molecule has 2 unspecified atom stereocenters. The fourth-order valence-corrected chi connectivity index (χ4v) is 2.52. The van der Waals surface area contributed by atoms with E-state index in [-0.39, 0.29) is 6.04 Å². The molecule has 0 aliphatic carbocycles. The van der Waals surface area contributed by atoms with Crippen molar-refractivity contribution >= 4 is 0 Å². The minimum atomic E-state index is 0.136. The van der Waals surface area contributed by atoms with E-state index in [1.165, 1.54) is 30.4 Å². The van der Waals surface area contributed by atoms with Crippen LogP contribution in [-0.2, 0) is 0 Å². The van der Waals surface area contributed by atoms with E-state index >= 15 is 0 Å². The third-order valence-corrected chi connectivity index (χ3v) is 3.77. The standard InChI is InChI=1S/C15H24N2/c1-11(2)12-6-8-13(9-7-12)15(16)14-5-3-4-10-17-14/h6-9,11,14-15,17H,3-5,10,16H2,1-2H3. The summed E-state index contributed by atoms with van der Waals surface area (Å²) < 4.78 is 0. The van der Waals surface area contributed by atoms with Gasteiger partial charge < -0.3 is 11.1 Å². The second kappa shape index (κ2) is 5.65. The zero-order valence-electron chi connectivity index (χ0n) is 10.9. The highest BCUT2D eigenvalue weighted by Gasteiger charge is 2.21.